The molecule has 0 radical (unpaired) electrons. The number of benzene rings is 2. The summed E-state index contributed by atoms with van der Waals surface area (Å²) < 4.78 is 40.8. The molecule has 0 fully saturated rings. The van der Waals surface area contributed by atoms with Crippen molar-refractivity contribution in [3.05, 3.63) is 79.4 Å². The van der Waals surface area contributed by atoms with Gasteiger partial charge in [0.1, 0.15) is 4.83 Å². The van der Waals surface area contributed by atoms with E-state index in [9.17, 15) is 22.8 Å². The number of nitrogens with zero attached hydrogens (tertiary/aromatic N) is 2. The molecular weight excluding hydrogens is 543 g/mol. The minimum absolute atomic E-state index is 0.00776. The lowest BCUT2D eigenvalue weighted by atomic mass is 9.97. The zero-order valence-corrected chi connectivity index (χ0v) is 22.0. The standard InChI is InChI=1S/C26H21ClF3N3O2S2/c1-14-6-9-16(10-7-14)33-24(35)22-17-4-2-3-5-20(17)37-23(22)32-25(33)36-13-21(34)31-19-12-15(26(28,29)30)8-11-18(19)27/h6-12H,2-5,13H2,1H3,(H,31,34). The van der Waals surface area contributed by atoms with Gasteiger partial charge in [0.05, 0.1) is 33.1 Å². The predicted octanol–water partition coefficient (Wildman–Crippen LogP) is 7.04. The second kappa shape index (κ2) is 10.2. The molecule has 1 aliphatic carbocycles. The Hall–Kier alpha value is -2.82. The highest BCUT2D eigenvalue weighted by atomic mass is 35.5. The van der Waals surface area contributed by atoms with Gasteiger partial charge in [-0.1, -0.05) is 41.1 Å². The Balaban J connectivity index is 1.48. The lowest BCUT2D eigenvalue weighted by Crippen LogP contribution is -2.23. The van der Waals surface area contributed by atoms with Crippen LogP contribution in [0, 0.1) is 6.92 Å². The molecule has 11 heteroatoms. The van der Waals surface area contributed by atoms with E-state index in [0.29, 0.717) is 21.1 Å². The van der Waals surface area contributed by atoms with E-state index in [0.717, 1.165) is 66.8 Å². The van der Waals surface area contributed by atoms with E-state index in [1.165, 1.54) is 20.8 Å². The van der Waals surface area contributed by atoms with Crippen LogP contribution in [-0.4, -0.2) is 21.2 Å². The van der Waals surface area contributed by atoms with Crippen LogP contribution in [0.4, 0.5) is 18.9 Å². The number of anilines is 1. The van der Waals surface area contributed by atoms with Crippen LogP contribution in [-0.2, 0) is 23.8 Å². The van der Waals surface area contributed by atoms with Crippen molar-refractivity contribution in [3.8, 4) is 5.69 Å². The summed E-state index contributed by atoms with van der Waals surface area (Å²) in [5.74, 6) is -0.747. The first-order valence-corrected chi connectivity index (χ1v) is 13.7. The Labute approximate surface area is 223 Å². The molecular formula is C26H21ClF3N3O2S2. The summed E-state index contributed by atoms with van der Waals surface area (Å²) in [6.07, 6.45) is -0.707. The Morgan fingerprint density at radius 1 is 1.16 bits per heavy atom. The molecule has 1 amide bonds. The molecule has 0 unspecified atom stereocenters. The van der Waals surface area contributed by atoms with E-state index < -0.39 is 17.6 Å². The zero-order valence-electron chi connectivity index (χ0n) is 19.6. The Kier molecular flexibility index (Phi) is 7.08. The number of hydrogen-bond donors (Lipinski definition) is 1. The number of carbonyl (C=O) groups is 1. The number of thiophene rings is 1. The fourth-order valence-corrected chi connectivity index (χ4v) is 6.60. The fraction of sp³-hybridized carbons (Fsp3) is 0.269. The maximum atomic E-state index is 13.8. The highest BCUT2D eigenvalue weighted by molar-refractivity contribution is 7.99. The van der Waals surface area contributed by atoms with Gasteiger partial charge in [-0.3, -0.25) is 14.2 Å². The topological polar surface area (TPSA) is 64.0 Å². The largest absolute Gasteiger partial charge is 0.416 e. The second-order valence-electron chi connectivity index (χ2n) is 8.79. The number of halogens is 4. The lowest BCUT2D eigenvalue weighted by Gasteiger charge is -2.14. The van der Waals surface area contributed by atoms with E-state index in [2.05, 4.69) is 5.32 Å². The van der Waals surface area contributed by atoms with Crippen molar-refractivity contribution >= 4 is 56.5 Å². The highest BCUT2D eigenvalue weighted by Crippen LogP contribution is 2.36. The molecule has 4 aromatic rings. The summed E-state index contributed by atoms with van der Waals surface area (Å²) in [6, 6.07) is 10.2. The first kappa shape index (κ1) is 25.8. The average molecular weight is 564 g/mol. The van der Waals surface area contributed by atoms with Gasteiger partial charge >= 0.3 is 6.18 Å². The van der Waals surface area contributed by atoms with Gasteiger partial charge in [-0.05, 0) is 68.5 Å². The number of carbonyl (C=O) groups excluding carboxylic acids is 1. The third-order valence-electron chi connectivity index (χ3n) is 6.15. The number of aromatic nitrogens is 2. The second-order valence-corrected chi connectivity index (χ2v) is 11.2. The van der Waals surface area contributed by atoms with Crippen molar-refractivity contribution in [2.75, 3.05) is 11.1 Å². The third kappa shape index (κ3) is 5.28. The van der Waals surface area contributed by atoms with E-state index in [1.54, 1.807) is 0 Å². The van der Waals surface area contributed by atoms with Crippen LogP contribution in [0.3, 0.4) is 0 Å². The summed E-state index contributed by atoms with van der Waals surface area (Å²) in [4.78, 5) is 33.1. The van der Waals surface area contributed by atoms with Gasteiger partial charge in [0, 0.05) is 4.88 Å². The summed E-state index contributed by atoms with van der Waals surface area (Å²) in [5.41, 5.74) is 1.50. The molecule has 37 heavy (non-hydrogen) atoms. The van der Waals surface area contributed by atoms with Crippen LogP contribution in [0.5, 0.6) is 0 Å². The summed E-state index contributed by atoms with van der Waals surface area (Å²) in [6.45, 7) is 1.95. The van der Waals surface area contributed by atoms with E-state index >= 15 is 0 Å². The van der Waals surface area contributed by atoms with Crippen molar-refractivity contribution in [1.82, 2.24) is 9.55 Å². The van der Waals surface area contributed by atoms with Gasteiger partial charge in [-0.15, -0.1) is 11.3 Å². The minimum Gasteiger partial charge on any atom is -0.324 e. The number of hydrogen-bond acceptors (Lipinski definition) is 5. The molecule has 192 valence electrons. The van der Waals surface area contributed by atoms with Crippen molar-refractivity contribution in [2.45, 2.75) is 43.9 Å². The van der Waals surface area contributed by atoms with Crippen LogP contribution in [0.25, 0.3) is 15.9 Å². The number of rotatable bonds is 5. The molecule has 1 N–H and O–H groups in total. The van der Waals surface area contributed by atoms with Crippen molar-refractivity contribution in [1.29, 1.82) is 0 Å². The predicted molar refractivity (Wildman–Crippen MR) is 142 cm³/mol. The molecule has 0 atom stereocenters. The third-order valence-corrected chi connectivity index (χ3v) is 8.60. The number of amides is 1. The SMILES string of the molecule is Cc1ccc(-n2c(SCC(=O)Nc3cc(C(F)(F)F)ccc3Cl)nc3sc4c(c3c2=O)CCCC4)cc1. The van der Waals surface area contributed by atoms with Gasteiger partial charge < -0.3 is 5.32 Å². The van der Waals surface area contributed by atoms with Crippen molar-refractivity contribution in [3.63, 3.8) is 0 Å². The maximum absolute atomic E-state index is 13.8. The number of alkyl halides is 3. The molecule has 5 rings (SSSR count). The normalized spacial score (nSPS) is 13.5. The van der Waals surface area contributed by atoms with Gasteiger partial charge in [-0.25, -0.2) is 4.98 Å². The first-order valence-electron chi connectivity index (χ1n) is 11.6. The lowest BCUT2D eigenvalue weighted by molar-refractivity contribution is -0.137. The van der Waals surface area contributed by atoms with Crippen LogP contribution in [0.1, 0.15) is 34.4 Å². The summed E-state index contributed by atoms with van der Waals surface area (Å²) in [5, 5.41) is 3.41. The van der Waals surface area contributed by atoms with E-state index in [1.807, 2.05) is 31.2 Å². The van der Waals surface area contributed by atoms with Crippen LogP contribution in [0.15, 0.2) is 52.4 Å². The van der Waals surface area contributed by atoms with Crippen molar-refractivity contribution < 1.29 is 18.0 Å². The molecule has 2 aromatic heterocycles. The minimum atomic E-state index is -4.57. The van der Waals surface area contributed by atoms with E-state index in [-0.39, 0.29) is 22.0 Å². The fourth-order valence-electron chi connectivity index (χ4n) is 4.32. The molecule has 0 aliphatic heterocycles. The van der Waals surface area contributed by atoms with Gasteiger partial charge in [-0.2, -0.15) is 13.2 Å². The monoisotopic (exact) mass is 563 g/mol. The van der Waals surface area contributed by atoms with Crippen molar-refractivity contribution in [2.24, 2.45) is 0 Å². The molecule has 2 aromatic carbocycles. The van der Waals surface area contributed by atoms with Gasteiger partial charge in [0.25, 0.3) is 5.56 Å². The number of aryl methyl sites for hydroxylation is 3. The Morgan fingerprint density at radius 3 is 2.62 bits per heavy atom. The van der Waals surface area contributed by atoms with Gasteiger partial charge in [0.15, 0.2) is 5.16 Å². The highest BCUT2D eigenvalue weighted by Gasteiger charge is 2.31. The van der Waals surface area contributed by atoms with Crippen LogP contribution >= 0.6 is 34.7 Å². The molecule has 0 bridgehead atoms. The average Bonchev–Trinajstić information content (AvgIpc) is 3.23. The van der Waals surface area contributed by atoms with E-state index in [4.69, 9.17) is 16.6 Å². The molecule has 2 heterocycles. The molecule has 0 saturated carbocycles. The quantitative estimate of drug-likeness (QED) is 0.209. The first-order chi connectivity index (χ1) is 17.6. The number of fused-ring (bicyclic) bond motifs is 3. The molecule has 1 aliphatic rings. The maximum Gasteiger partial charge on any atom is 0.416 e. The Bertz CT molecular complexity index is 1560. The smallest absolute Gasteiger partial charge is 0.324 e. The summed E-state index contributed by atoms with van der Waals surface area (Å²) in [7, 11) is 0. The van der Waals surface area contributed by atoms with Gasteiger partial charge in [0.2, 0.25) is 5.91 Å². The zero-order chi connectivity index (χ0) is 26.3. The molecule has 0 spiro atoms. The van der Waals surface area contributed by atoms with Crippen LogP contribution in [0.2, 0.25) is 5.02 Å². The molecule has 5 nitrogen and oxygen atoms in total. The van der Waals surface area contributed by atoms with Crippen LogP contribution < -0.4 is 10.9 Å². The molecule has 0 saturated heterocycles. The number of thioether (sulfide) groups is 1. The number of nitrogens with one attached hydrogen (secondary N) is 1. The summed E-state index contributed by atoms with van der Waals surface area (Å²) >= 11 is 8.58. The Morgan fingerprint density at radius 2 is 1.89 bits per heavy atom.